The number of hydrogen-bond acceptors (Lipinski definition) is 2. The van der Waals surface area contributed by atoms with E-state index in [0.717, 1.165) is 18.4 Å². The van der Waals surface area contributed by atoms with E-state index in [0.29, 0.717) is 12.2 Å². The van der Waals surface area contributed by atoms with Gasteiger partial charge in [0.15, 0.2) is 0 Å². The smallest absolute Gasteiger partial charge is 0.146 e. The molecule has 0 radical (unpaired) electrons. The van der Waals surface area contributed by atoms with Crippen LogP contribution in [0, 0.1) is 5.41 Å². The van der Waals surface area contributed by atoms with Crippen molar-refractivity contribution >= 4 is 5.78 Å². The van der Waals surface area contributed by atoms with Crippen molar-refractivity contribution in [2.75, 3.05) is 7.11 Å². The third-order valence-electron chi connectivity index (χ3n) is 3.80. The number of methoxy groups -OCH3 is 1. The first-order valence-electron chi connectivity index (χ1n) is 5.44. The van der Waals surface area contributed by atoms with Crippen LogP contribution in [0.15, 0.2) is 12.2 Å². The summed E-state index contributed by atoms with van der Waals surface area (Å²) in [6.07, 6.45) is 6.14. The zero-order valence-corrected chi connectivity index (χ0v) is 8.84. The van der Waals surface area contributed by atoms with Crippen molar-refractivity contribution in [3.8, 4) is 0 Å². The van der Waals surface area contributed by atoms with Crippen LogP contribution in [0.3, 0.4) is 0 Å². The lowest BCUT2D eigenvalue weighted by Gasteiger charge is -2.36. The molecule has 2 rings (SSSR count). The molecule has 0 heterocycles. The fourth-order valence-corrected chi connectivity index (χ4v) is 3.13. The maximum Gasteiger partial charge on any atom is 0.146 e. The standard InChI is InChI=1S/C12H18O2/c1-9-8-10(13)12(11(9)14-2)6-4-3-5-7-12/h11H,1,3-8H2,2H3. The van der Waals surface area contributed by atoms with Crippen LogP contribution in [-0.2, 0) is 9.53 Å². The first-order chi connectivity index (χ1) is 6.70. The lowest BCUT2D eigenvalue weighted by Crippen LogP contribution is -2.39. The van der Waals surface area contributed by atoms with Crippen molar-refractivity contribution in [2.24, 2.45) is 5.41 Å². The summed E-state index contributed by atoms with van der Waals surface area (Å²) in [4.78, 5) is 12.0. The van der Waals surface area contributed by atoms with Crippen molar-refractivity contribution in [3.05, 3.63) is 12.2 Å². The molecule has 0 aromatic rings. The van der Waals surface area contributed by atoms with E-state index in [2.05, 4.69) is 6.58 Å². The normalized spacial score (nSPS) is 31.4. The second kappa shape index (κ2) is 3.50. The Labute approximate surface area is 85.3 Å². The molecule has 1 atom stereocenters. The summed E-state index contributed by atoms with van der Waals surface area (Å²) < 4.78 is 5.47. The lowest BCUT2D eigenvalue weighted by molar-refractivity contribution is -0.132. The molecule has 0 bridgehead atoms. The van der Waals surface area contributed by atoms with Gasteiger partial charge in [0, 0.05) is 13.5 Å². The molecule has 1 spiro atoms. The van der Waals surface area contributed by atoms with Crippen molar-refractivity contribution in [1.82, 2.24) is 0 Å². The SMILES string of the molecule is C=C1CC(=O)C2(CCCCC2)C1OC. The monoisotopic (exact) mass is 194 g/mol. The van der Waals surface area contributed by atoms with Crippen molar-refractivity contribution in [1.29, 1.82) is 0 Å². The van der Waals surface area contributed by atoms with Gasteiger partial charge in [-0.1, -0.05) is 25.8 Å². The molecule has 2 heteroatoms. The van der Waals surface area contributed by atoms with Crippen LogP contribution in [0.5, 0.6) is 0 Å². The van der Waals surface area contributed by atoms with Gasteiger partial charge in [0.1, 0.15) is 5.78 Å². The summed E-state index contributed by atoms with van der Waals surface area (Å²) in [5.41, 5.74) is 0.795. The largest absolute Gasteiger partial charge is 0.376 e. The van der Waals surface area contributed by atoms with Crippen LogP contribution in [0.1, 0.15) is 38.5 Å². The molecule has 2 aliphatic carbocycles. The lowest BCUT2D eigenvalue weighted by atomic mass is 9.70. The van der Waals surface area contributed by atoms with E-state index in [-0.39, 0.29) is 11.5 Å². The second-order valence-corrected chi connectivity index (χ2v) is 4.59. The van der Waals surface area contributed by atoms with E-state index >= 15 is 0 Å². The van der Waals surface area contributed by atoms with Gasteiger partial charge in [-0.15, -0.1) is 0 Å². The van der Waals surface area contributed by atoms with Gasteiger partial charge >= 0.3 is 0 Å². The highest BCUT2D eigenvalue weighted by Crippen LogP contribution is 2.49. The number of hydrogen-bond donors (Lipinski definition) is 0. The third kappa shape index (κ3) is 1.24. The minimum atomic E-state index is -0.190. The summed E-state index contributed by atoms with van der Waals surface area (Å²) in [5, 5.41) is 0. The fraction of sp³-hybridized carbons (Fsp3) is 0.750. The van der Waals surface area contributed by atoms with Gasteiger partial charge in [0.25, 0.3) is 0 Å². The first-order valence-corrected chi connectivity index (χ1v) is 5.44. The highest BCUT2D eigenvalue weighted by atomic mass is 16.5. The summed E-state index contributed by atoms with van der Waals surface area (Å²) in [7, 11) is 1.70. The van der Waals surface area contributed by atoms with E-state index in [4.69, 9.17) is 4.74 Å². The van der Waals surface area contributed by atoms with Crippen molar-refractivity contribution in [3.63, 3.8) is 0 Å². The Hall–Kier alpha value is -0.630. The molecule has 78 valence electrons. The Kier molecular flexibility index (Phi) is 2.48. The number of rotatable bonds is 1. The minimum Gasteiger partial charge on any atom is -0.376 e. The van der Waals surface area contributed by atoms with E-state index in [9.17, 15) is 4.79 Å². The molecule has 2 aliphatic rings. The molecule has 0 saturated heterocycles. The average molecular weight is 194 g/mol. The Morgan fingerprint density at radius 2 is 2.00 bits per heavy atom. The van der Waals surface area contributed by atoms with Crippen molar-refractivity contribution in [2.45, 2.75) is 44.6 Å². The zero-order valence-electron chi connectivity index (χ0n) is 8.84. The number of ketones is 1. The Balaban J connectivity index is 2.29. The number of Topliss-reactive ketones (excluding diaryl/α,β-unsaturated/α-hetero) is 1. The molecule has 0 aromatic heterocycles. The summed E-state index contributed by atoms with van der Waals surface area (Å²) in [6, 6.07) is 0. The molecule has 0 N–H and O–H groups in total. The van der Waals surface area contributed by atoms with Gasteiger partial charge in [-0.3, -0.25) is 4.79 Å². The molecule has 2 saturated carbocycles. The topological polar surface area (TPSA) is 26.3 Å². The summed E-state index contributed by atoms with van der Waals surface area (Å²) >= 11 is 0. The predicted molar refractivity (Wildman–Crippen MR) is 55.1 cm³/mol. The number of carbonyl (C=O) groups excluding carboxylic acids is 1. The van der Waals surface area contributed by atoms with E-state index in [1.54, 1.807) is 7.11 Å². The van der Waals surface area contributed by atoms with Crippen molar-refractivity contribution < 1.29 is 9.53 Å². The van der Waals surface area contributed by atoms with Crippen LogP contribution in [0.4, 0.5) is 0 Å². The van der Waals surface area contributed by atoms with Gasteiger partial charge < -0.3 is 4.74 Å². The molecular formula is C12H18O2. The Morgan fingerprint density at radius 1 is 1.36 bits per heavy atom. The quantitative estimate of drug-likeness (QED) is 0.599. The summed E-state index contributed by atoms with van der Waals surface area (Å²) in [5.74, 6) is 0.369. The van der Waals surface area contributed by atoms with Crippen LogP contribution in [0.2, 0.25) is 0 Å². The van der Waals surface area contributed by atoms with Crippen LogP contribution in [0.25, 0.3) is 0 Å². The number of ether oxygens (including phenoxy) is 1. The highest BCUT2D eigenvalue weighted by molar-refractivity contribution is 5.91. The molecule has 2 fully saturated rings. The molecule has 0 aromatic carbocycles. The molecule has 14 heavy (non-hydrogen) atoms. The van der Waals surface area contributed by atoms with Gasteiger partial charge in [-0.25, -0.2) is 0 Å². The van der Waals surface area contributed by atoms with E-state index < -0.39 is 0 Å². The highest BCUT2D eigenvalue weighted by Gasteiger charge is 2.52. The maximum absolute atomic E-state index is 12.0. The van der Waals surface area contributed by atoms with Crippen LogP contribution in [-0.4, -0.2) is 19.0 Å². The van der Waals surface area contributed by atoms with Gasteiger partial charge in [0.2, 0.25) is 0 Å². The average Bonchev–Trinajstić information content (AvgIpc) is 2.40. The third-order valence-corrected chi connectivity index (χ3v) is 3.80. The number of carbonyl (C=O) groups is 1. The predicted octanol–water partition coefficient (Wildman–Crippen LogP) is 2.48. The minimum absolute atomic E-state index is 0.00435. The molecule has 1 unspecified atom stereocenters. The first kappa shape index (κ1) is 9.91. The van der Waals surface area contributed by atoms with Crippen LogP contribution < -0.4 is 0 Å². The zero-order chi connectivity index (χ0) is 10.2. The van der Waals surface area contributed by atoms with E-state index in [1.807, 2.05) is 0 Å². The molecule has 0 amide bonds. The fourth-order valence-electron chi connectivity index (χ4n) is 3.13. The van der Waals surface area contributed by atoms with E-state index in [1.165, 1.54) is 19.3 Å². The molecular weight excluding hydrogens is 176 g/mol. The molecule has 2 nitrogen and oxygen atoms in total. The van der Waals surface area contributed by atoms with Gasteiger partial charge in [-0.2, -0.15) is 0 Å². The van der Waals surface area contributed by atoms with Gasteiger partial charge in [0.05, 0.1) is 11.5 Å². The summed E-state index contributed by atoms with van der Waals surface area (Å²) in [6.45, 7) is 3.96. The molecule has 0 aliphatic heterocycles. The van der Waals surface area contributed by atoms with Crippen LogP contribution >= 0.6 is 0 Å². The Bertz CT molecular complexity index is 261. The second-order valence-electron chi connectivity index (χ2n) is 4.59. The Morgan fingerprint density at radius 3 is 2.57 bits per heavy atom. The maximum atomic E-state index is 12.0. The van der Waals surface area contributed by atoms with Gasteiger partial charge in [-0.05, 0) is 18.4 Å².